The number of anilines is 1. The molecule has 0 atom stereocenters. The number of carbonyl (C=O) groups is 2. The molecule has 146 valence electrons. The van der Waals surface area contributed by atoms with E-state index in [1.807, 2.05) is 48.5 Å². The average Bonchev–Trinajstić information content (AvgIpc) is 3.08. The standard InChI is InChI=1S/C21H23N3O4/c25-20(22-9-8-16-4-2-1-3-5-16)15-23-10-11-24(21(23)26)17-6-7-18-19(14-17)28-13-12-27-18/h1-7,14H,8-13,15H2,(H,22,25). The first-order valence-corrected chi connectivity index (χ1v) is 9.47. The number of nitrogens with one attached hydrogen (secondary N) is 1. The van der Waals surface area contributed by atoms with Gasteiger partial charge in [0.1, 0.15) is 19.8 Å². The van der Waals surface area contributed by atoms with Gasteiger partial charge in [-0.15, -0.1) is 0 Å². The van der Waals surface area contributed by atoms with E-state index in [4.69, 9.17) is 9.47 Å². The average molecular weight is 381 g/mol. The van der Waals surface area contributed by atoms with Crippen LogP contribution in [0.15, 0.2) is 48.5 Å². The van der Waals surface area contributed by atoms with Gasteiger partial charge in [-0.1, -0.05) is 30.3 Å². The van der Waals surface area contributed by atoms with Crippen LogP contribution < -0.4 is 19.7 Å². The van der Waals surface area contributed by atoms with Crippen molar-refractivity contribution in [2.75, 3.05) is 44.3 Å². The predicted molar refractivity (Wildman–Crippen MR) is 105 cm³/mol. The zero-order valence-electron chi connectivity index (χ0n) is 15.6. The van der Waals surface area contributed by atoms with E-state index in [1.54, 1.807) is 9.80 Å². The Hall–Kier alpha value is -3.22. The van der Waals surface area contributed by atoms with Crippen LogP contribution in [0.4, 0.5) is 10.5 Å². The third-order valence-corrected chi connectivity index (χ3v) is 4.85. The zero-order chi connectivity index (χ0) is 19.3. The van der Waals surface area contributed by atoms with Crippen molar-refractivity contribution in [3.05, 3.63) is 54.1 Å². The lowest BCUT2D eigenvalue weighted by Gasteiger charge is -2.22. The Kier molecular flexibility index (Phi) is 5.32. The molecule has 0 bridgehead atoms. The number of nitrogens with zero attached hydrogens (tertiary/aromatic N) is 2. The summed E-state index contributed by atoms with van der Waals surface area (Å²) in [4.78, 5) is 28.1. The van der Waals surface area contributed by atoms with E-state index in [0.29, 0.717) is 44.3 Å². The van der Waals surface area contributed by atoms with Crippen molar-refractivity contribution in [3.63, 3.8) is 0 Å². The van der Waals surface area contributed by atoms with Gasteiger partial charge >= 0.3 is 6.03 Å². The molecule has 2 heterocycles. The number of amides is 3. The van der Waals surface area contributed by atoms with Crippen LogP contribution in [0.1, 0.15) is 5.56 Å². The molecule has 2 aromatic carbocycles. The largest absolute Gasteiger partial charge is 0.486 e. The molecule has 0 saturated carbocycles. The highest BCUT2D eigenvalue weighted by Gasteiger charge is 2.31. The molecular weight excluding hydrogens is 358 g/mol. The molecule has 0 radical (unpaired) electrons. The SMILES string of the molecule is O=C(CN1CCN(c2ccc3c(c2)OCCO3)C1=O)NCCc1ccccc1. The van der Waals surface area contributed by atoms with Crippen molar-refractivity contribution in [1.29, 1.82) is 0 Å². The van der Waals surface area contributed by atoms with Gasteiger partial charge in [0.2, 0.25) is 5.91 Å². The van der Waals surface area contributed by atoms with Crippen molar-refractivity contribution in [2.45, 2.75) is 6.42 Å². The highest BCUT2D eigenvalue weighted by molar-refractivity contribution is 5.96. The molecule has 28 heavy (non-hydrogen) atoms. The summed E-state index contributed by atoms with van der Waals surface area (Å²) >= 11 is 0. The zero-order valence-corrected chi connectivity index (χ0v) is 15.6. The molecule has 3 amide bonds. The second kappa shape index (κ2) is 8.21. The number of hydrogen-bond donors (Lipinski definition) is 1. The van der Waals surface area contributed by atoms with E-state index >= 15 is 0 Å². The Bertz CT molecular complexity index is 856. The van der Waals surface area contributed by atoms with Crippen LogP contribution in [0.25, 0.3) is 0 Å². The van der Waals surface area contributed by atoms with E-state index in [0.717, 1.165) is 12.1 Å². The Morgan fingerprint density at radius 1 is 1.00 bits per heavy atom. The van der Waals surface area contributed by atoms with Crippen LogP contribution >= 0.6 is 0 Å². The molecule has 0 spiro atoms. The first kappa shape index (κ1) is 18.2. The van der Waals surface area contributed by atoms with Crippen molar-refractivity contribution >= 4 is 17.6 Å². The normalized spacial score (nSPS) is 15.6. The smallest absolute Gasteiger partial charge is 0.325 e. The lowest BCUT2D eigenvalue weighted by atomic mass is 10.1. The molecule has 7 heteroatoms. The first-order valence-electron chi connectivity index (χ1n) is 9.47. The van der Waals surface area contributed by atoms with Gasteiger partial charge in [0.05, 0.1) is 0 Å². The quantitative estimate of drug-likeness (QED) is 0.832. The van der Waals surface area contributed by atoms with E-state index in [9.17, 15) is 9.59 Å². The third kappa shape index (κ3) is 4.03. The van der Waals surface area contributed by atoms with Crippen molar-refractivity contribution in [3.8, 4) is 11.5 Å². The Labute approximate surface area is 163 Å². The molecule has 2 aliphatic rings. The number of ether oxygens (including phenoxy) is 2. The van der Waals surface area contributed by atoms with Crippen LogP contribution in [0.2, 0.25) is 0 Å². The number of hydrogen-bond acceptors (Lipinski definition) is 4. The molecule has 7 nitrogen and oxygen atoms in total. The molecule has 0 aliphatic carbocycles. The summed E-state index contributed by atoms with van der Waals surface area (Å²) in [5.74, 6) is 1.19. The number of urea groups is 1. The minimum Gasteiger partial charge on any atom is -0.486 e. The highest BCUT2D eigenvalue weighted by atomic mass is 16.6. The highest BCUT2D eigenvalue weighted by Crippen LogP contribution is 2.34. The molecule has 0 unspecified atom stereocenters. The van der Waals surface area contributed by atoms with Crippen molar-refractivity contribution in [1.82, 2.24) is 10.2 Å². The third-order valence-electron chi connectivity index (χ3n) is 4.85. The Morgan fingerprint density at radius 3 is 2.61 bits per heavy atom. The number of rotatable bonds is 6. The van der Waals surface area contributed by atoms with Crippen molar-refractivity contribution < 1.29 is 19.1 Å². The van der Waals surface area contributed by atoms with Gasteiger partial charge < -0.3 is 19.7 Å². The van der Waals surface area contributed by atoms with Gasteiger partial charge in [-0.05, 0) is 24.1 Å². The number of fused-ring (bicyclic) bond motifs is 1. The van der Waals surface area contributed by atoms with Crippen LogP contribution in [0.3, 0.4) is 0 Å². The minimum atomic E-state index is -0.171. The number of carbonyl (C=O) groups excluding carboxylic acids is 2. The molecule has 1 N–H and O–H groups in total. The van der Waals surface area contributed by atoms with Gasteiger partial charge in [-0.25, -0.2) is 4.79 Å². The van der Waals surface area contributed by atoms with E-state index in [2.05, 4.69) is 5.32 Å². The monoisotopic (exact) mass is 381 g/mol. The molecule has 1 saturated heterocycles. The summed E-state index contributed by atoms with van der Waals surface area (Å²) in [7, 11) is 0. The second-order valence-corrected chi connectivity index (χ2v) is 6.77. The van der Waals surface area contributed by atoms with Crippen LogP contribution in [0.5, 0.6) is 11.5 Å². The van der Waals surface area contributed by atoms with Crippen LogP contribution in [-0.4, -0.2) is 56.2 Å². The minimum absolute atomic E-state index is 0.0642. The molecule has 2 aromatic rings. The molecule has 4 rings (SSSR count). The fourth-order valence-electron chi connectivity index (χ4n) is 3.39. The van der Waals surface area contributed by atoms with E-state index in [-0.39, 0.29) is 18.5 Å². The van der Waals surface area contributed by atoms with Gasteiger partial charge in [-0.3, -0.25) is 9.69 Å². The maximum atomic E-state index is 12.7. The van der Waals surface area contributed by atoms with Crippen LogP contribution in [-0.2, 0) is 11.2 Å². The lowest BCUT2D eigenvalue weighted by molar-refractivity contribution is -0.121. The molecule has 2 aliphatic heterocycles. The number of benzene rings is 2. The maximum absolute atomic E-state index is 12.7. The molecular formula is C21H23N3O4. The summed E-state index contributed by atoms with van der Waals surface area (Å²) in [5, 5.41) is 2.89. The Morgan fingerprint density at radius 2 is 1.79 bits per heavy atom. The fourth-order valence-corrected chi connectivity index (χ4v) is 3.39. The summed E-state index contributed by atoms with van der Waals surface area (Å²) in [6, 6.07) is 15.3. The predicted octanol–water partition coefficient (Wildman–Crippen LogP) is 2.06. The first-order chi connectivity index (χ1) is 13.7. The van der Waals surface area contributed by atoms with Gasteiger partial charge in [0.15, 0.2) is 11.5 Å². The second-order valence-electron chi connectivity index (χ2n) is 6.77. The van der Waals surface area contributed by atoms with Crippen LogP contribution in [0, 0.1) is 0 Å². The fraction of sp³-hybridized carbons (Fsp3) is 0.333. The summed E-state index contributed by atoms with van der Waals surface area (Å²) < 4.78 is 11.1. The summed E-state index contributed by atoms with van der Waals surface area (Å²) in [6.07, 6.45) is 0.768. The maximum Gasteiger partial charge on any atom is 0.325 e. The summed E-state index contributed by atoms with van der Waals surface area (Å²) in [6.45, 7) is 2.70. The lowest BCUT2D eigenvalue weighted by Crippen LogP contribution is -2.40. The van der Waals surface area contributed by atoms with Gasteiger partial charge in [0.25, 0.3) is 0 Å². The molecule has 1 fully saturated rings. The molecule has 0 aromatic heterocycles. The van der Waals surface area contributed by atoms with Crippen molar-refractivity contribution in [2.24, 2.45) is 0 Å². The van der Waals surface area contributed by atoms with E-state index < -0.39 is 0 Å². The Balaban J connectivity index is 1.30. The summed E-state index contributed by atoms with van der Waals surface area (Å²) in [5.41, 5.74) is 1.92. The topological polar surface area (TPSA) is 71.1 Å². The van der Waals surface area contributed by atoms with E-state index in [1.165, 1.54) is 5.56 Å². The van der Waals surface area contributed by atoms with Gasteiger partial charge in [-0.2, -0.15) is 0 Å². The van der Waals surface area contributed by atoms with Gasteiger partial charge in [0, 0.05) is 31.4 Å².